The first kappa shape index (κ1) is 119. The first-order valence-corrected chi connectivity index (χ1v) is 56.9. The van der Waals surface area contributed by atoms with Gasteiger partial charge in [-0.15, -0.1) is 80.4 Å². The molecule has 31 heteroatoms. The summed E-state index contributed by atoms with van der Waals surface area (Å²) in [5.41, 5.74) is 11.2. The van der Waals surface area contributed by atoms with Gasteiger partial charge in [0.05, 0.1) is 44.5 Å². The number of hydrogen-bond donors (Lipinski definition) is 0. The SMILES string of the molecule is CCc1ccc(/C=C2\SC(=S)N(CCC(=O)CCCCN3CCOCC3)C2=O)cc1.COc1ccc(N(C(=O)CCl)C(C(=O)CCCc2ccccc2)c2cccs2)cc1.COc1ccc(N(C(=O)CCl)C(C(=O)CCCc2ccccc2)c2cccs2)cc1Cl.COc1cccc(N(C(=O)CCl)C(C(=O)CCCc2ccccc2)c2cccs2)c1.Cc1ccc(N(C(=O)CCl)C(C(=O)CC2CCCCC2)c2cccnc2)cc1C. The van der Waals surface area contributed by atoms with Crippen LogP contribution in [0.5, 0.6) is 17.2 Å². The molecule has 3 aliphatic rings. The van der Waals surface area contributed by atoms with E-state index in [-0.39, 0.29) is 82.0 Å². The Bertz CT molecular complexity index is 6310. The number of carbonyl (C=O) groups is 10. The Morgan fingerprint density at radius 3 is 1.39 bits per heavy atom. The van der Waals surface area contributed by atoms with Crippen molar-refractivity contribution in [1.29, 1.82) is 0 Å². The van der Waals surface area contributed by atoms with Crippen molar-refractivity contribution in [2.75, 3.05) is 104 Å². The monoisotopic (exact) mass is 2220 g/mol. The van der Waals surface area contributed by atoms with Crippen LogP contribution in [0.3, 0.4) is 0 Å². The first-order valence-electron chi connectivity index (χ1n) is 50.5. The number of morpholine rings is 1. The number of amides is 5. The second kappa shape index (κ2) is 63.9. The molecular formula is C119H130Cl5N7O14S5. The number of unbranched alkanes of at least 4 members (excludes halogenated alkanes) is 1. The van der Waals surface area contributed by atoms with Crippen LogP contribution in [-0.2, 0) is 78.4 Å². The van der Waals surface area contributed by atoms with E-state index in [0.717, 1.165) is 128 Å². The number of ether oxygens (including phenoxy) is 4. The quantitative estimate of drug-likeness (QED) is 0.0149. The zero-order valence-corrected chi connectivity index (χ0v) is 93.4. The number of aryl methyl sites for hydroxylation is 6. The summed E-state index contributed by atoms with van der Waals surface area (Å²) >= 11 is 41.1. The summed E-state index contributed by atoms with van der Waals surface area (Å²) < 4.78 is 21.6. The summed E-state index contributed by atoms with van der Waals surface area (Å²) in [6.45, 7) is 11.1. The normalized spacial score (nSPS) is 13.9. The second-order valence-electron chi connectivity index (χ2n) is 36.2. The van der Waals surface area contributed by atoms with Gasteiger partial charge < -0.3 is 18.9 Å². The van der Waals surface area contributed by atoms with Crippen molar-refractivity contribution in [2.45, 2.75) is 173 Å². The molecule has 4 unspecified atom stereocenters. The van der Waals surface area contributed by atoms with Gasteiger partial charge in [0.15, 0.2) is 23.1 Å². The minimum atomic E-state index is -0.758. The Labute approximate surface area is 928 Å². The zero-order valence-electron chi connectivity index (χ0n) is 85.5. The summed E-state index contributed by atoms with van der Waals surface area (Å²) in [7, 11) is 4.67. The number of ketones is 5. The molecule has 3 fully saturated rings. The van der Waals surface area contributed by atoms with Crippen molar-refractivity contribution >= 4 is 208 Å². The number of benzene rings is 8. The molecule has 4 atom stereocenters. The van der Waals surface area contributed by atoms with E-state index in [1.54, 1.807) is 109 Å². The number of thioether (sulfide) groups is 1. The number of rotatable bonds is 47. The van der Waals surface area contributed by atoms with E-state index in [4.69, 9.17) is 89.2 Å². The van der Waals surface area contributed by atoms with Crippen LogP contribution in [-0.4, -0.2) is 162 Å². The van der Waals surface area contributed by atoms with Crippen molar-refractivity contribution in [1.82, 2.24) is 14.8 Å². The third kappa shape index (κ3) is 36.2. The Morgan fingerprint density at radius 2 is 0.940 bits per heavy atom. The second-order valence-corrected chi connectivity index (χ2v) is 42.3. The molecule has 0 radical (unpaired) electrons. The highest BCUT2D eigenvalue weighted by Gasteiger charge is 2.39. The van der Waals surface area contributed by atoms with Crippen molar-refractivity contribution in [2.24, 2.45) is 5.92 Å². The Balaban J connectivity index is 0.000000178. The molecule has 2 saturated heterocycles. The van der Waals surface area contributed by atoms with Crippen molar-refractivity contribution in [3.05, 3.63) is 346 Å². The molecule has 150 heavy (non-hydrogen) atoms. The molecule has 790 valence electrons. The lowest BCUT2D eigenvalue weighted by atomic mass is 9.83. The number of nitrogens with zero attached hydrogens (tertiary/aromatic N) is 7. The molecule has 5 amide bonds. The molecular weight excluding hydrogens is 2090 g/mol. The van der Waals surface area contributed by atoms with Crippen LogP contribution in [0.1, 0.15) is 193 Å². The molecule has 8 aromatic carbocycles. The number of hydrogen-bond acceptors (Lipinski definition) is 21. The van der Waals surface area contributed by atoms with Gasteiger partial charge in [0.2, 0.25) is 23.6 Å². The van der Waals surface area contributed by atoms with Crippen molar-refractivity contribution in [3.63, 3.8) is 0 Å². The highest BCUT2D eigenvalue weighted by atomic mass is 35.5. The molecule has 12 aromatic rings. The van der Waals surface area contributed by atoms with Gasteiger partial charge in [-0.1, -0.05) is 226 Å². The number of thiophene rings is 3. The van der Waals surface area contributed by atoms with Gasteiger partial charge in [0.1, 0.15) is 75.0 Å². The molecule has 21 nitrogen and oxygen atoms in total. The van der Waals surface area contributed by atoms with E-state index in [2.05, 4.69) is 53.2 Å². The number of anilines is 4. The fraction of sp³-hybridized carbons (Fsp3) is 0.345. The smallest absolute Gasteiger partial charge is 0.266 e. The lowest BCUT2D eigenvalue weighted by molar-refractivity contribution is -0.125. The van der Waals surface area contributed by atoms with Gasteiger partial charge in [-0.25, -0.2) is 0 Å². The number of pyridine rings is 1. The molecule has 15 rings (SSSR count). The highest BCUT2D eigenvalue weighted by molar-refractivity contribution is 8.26. The van der Waals surface area contributed by atoms with Crippen LogP contribution >= 0.6 is 116 Å². The molecule has 1 aliphatic carbocycles. The summed E-state index contributed by atoms with van der Waals surface area (Å²) in [5.74, 6) is 0.187. The molecule has 0 N–H and O–H groups in total. The highest BCUT2D eigenvalue weighted by Crippen LogP contribution is 2.42. The molecule has 0 bridgehead atoms. The largest absolute Gasteiger partial charge is 0.497 e. The number of Topliss-reactive ketones (excluding diaryl/α,β-unsaturated/α-hetero) is 5. The summed E-state index contributed by atoms with van der Waals surface area (Å²) in [6, 6.07) is 75.6. The van der Waals surface area contributed by atoms with Crippen molar-refractivity contribution in [3.8, 4) is 17.2 Å². The van der Waals surface area contributed by atoms with Gasteiger partial charge in [-0.05, 0) is 236 Å². The van der Waals surface area contributed by atoms with Crippen LogP contribution in [0.4, 0.5) is 22.7 Å². The Hall–Kier alpha value is -11.3. The van der Waals surface area contributed by atoms with Gasteiger partial charge in [0, 0.05) is 120 Å². The molecule has 4 aromatic heterocycles. The predicted octanol–water partition coefficient (Wildman–Crippen LogP) is 27.1. The lowest BCUT2D eigenvalue weighted by Crippen LogP contribution is -2.40. The minimum absolute atomic E-state index is 0.00247. The standard InChI is InChI=1S/C24H23Cl2NO3S.C24H29ClN2O2.2C24H24ClNO3S.C23H30N2O3S2/c1-30-21-13-12-18(15-19(21)26)27(23(29)16-25)24(22-11-6-14-31-22)20(28)10-5-9-17-7-3-2-4-8-17;1-17-10-11-21(13-18(17)2)27(23(29)15-25)24(20-9-6-12-26-16-20)22(28)14-19-7-4-3-5-8-19;1-29-20-12-6-11-19(16-20)26(23(28)17-25)24(22-14-7-15-30-22)21(27)13-5-10-18-8-3-2-4-9-18;1-29-20-14-12-19(13-15-20)26(23(28)17-25)24(22-11-6-16-30-22)21(27)10-5-9-18-7-3-2-4-8-18;1-2-18-6-8-19(9-7-18)17-21-22(27)25(23(29)30-21)12-10-20(26)5-3-4-11-24-13-15-28-16-14-24/h2-4,6-8,11-15,24H,5,9-10,16H2,1H3;6,9-13,16,19,24H,3-5,7-8,14-15H2,1-2H3;2-4,6-9,11-12,14-16,24H,5,10,13,17H2,1H3;2-4,6-8,11-16,24H,5,9-10,17H2,1H3;6-9,17H,2-5,10-16H2,1H3/b;;;;21-17-. The molecule has 1 saturated carbocycles. The van der Waals surface area contributed by atoms with E-state index < -0.39 is 24.2 Å². The van der Waals surface area contributed by atoms with Gasteiger partial charge >= 0.3 is 0 Å². The molecule has 2 aliphatic heterocycles. The van der Waals surface area contributed by atoms with Crippen LogP contribution in [0.2, 0.25) is 5.02 Å². The minimum Gasteiger partial charge on any atom is -0.497 e. The maximum Gasteiger partial charge on any atom is 0.266 e. The third-order valence-corrected chi connectivity index (χ3v) is 31.3. The fourth-order valence-electron chi connectivity index (χ4n) is 17.9. The number of methoxy groups -OCH3 is 3. The van der Waals surface area contributed by atoms with E-state index in [1.165, 1.54) is 109 Å². The van der Waals surface area contributed by atoms with Gasteiger partial charge in [-0.3, -0.25) is 82.3 Å². The Kier molecular flexibility index (Phi) is 50.6. The number of thiocarbonyl (C=S) groups is 1. The zero-order chi connectivity index (χ0) is 107. The van der Waals surface area contributed by atoms with E-state index in [1.807, 2.05) is 176 Å². The molecule has 0 spiro atoms. The Morgan fingerprint density at radius 1 is 0.460 bits per heavy atom. The maximum absolute atomic E-state index is 13.5. The number of carbonyl (C=O) groups excluding carboxylic acids is 10. The topological polar surface area (TPSA) is 240 Å². The first-order chi connectivity index (χ1) is 72.9. The predicted molar refractivity (Wildman–Crippen MR) is 617 cm³/mol. The van der Waals surface area contributed by atoms with E-state index in [0.29, 0.717) is 118 Å². The lowest BCUT2D eigenvalue weighted by Gasteiger charge is -2.32. The number of aromatic nitrogens is 1. The number of alkyl halides is 4. The van der Waals surface area contributed by atoms with Crippen LogP contribution in [0.25, 0.3) is 6.08 Å². The fourth-order valence-corrected chi connectivity index (χ4v) is 22.5. The molecule has 6 heterocycles. The summed E-state index contributed by atoms with van der Waals surface area (Å²) in [5, 5.41) is 6.07. The van der Waals surface area contributed by atoms with Crippen molar-refractivity contribution < 1.29 is 66.9 Å². The van der Waals surface area contributed by atoms with Crippen LogP contribution in [0.15, 0.2) is 282 Å². The number of halogens is 5. The van der Waals surface area contributed by atoms with Gasteiger partial charge in [-0.2, -0.15) is 0 Å². The summed E-state index contributed by atoms with van der Waals surface area (Å²) in [6.07, 6.45) is 20.9. The maximum atomic E-state index is 13.5. The summed E-state index contributed by atoms with van der Waals surface area (Å²) in [4.78, 5) is 147. The van der Waals surface area contributed by atoms with E-state index in [9.17, 15) is 47.9 Å². The van der Waals surface area contributed by atoms with Crippen LogP contribution in [0, 0.1) is 19.8 Å². The van der Waals surface area contributed by atoms with Gasteiger partial charge in [0.25, 0.3) is 5.91 Å². The van der Waals surface area contributed by atoms with E-state index >= 15 is 0 Å². The van der Waals surface area contributed by atoms with Crippen LogP contribution < -0.4 is 33.8 Å². The average Bonchev–Trinajstić information content (AvgIpc) is 1.29. The average molecular weight is 2220 g/mol. The third-order valence-electron chi connectivity index (χ3n) is 26.0.